The highest BCUT2D eigenvalue weighted by molar-refractivity contribution is 5.12. The van der Waals surface area contributed by atoms with E-state index in [1.54, 1.807) is 0 Å². The molecule has 0 aromatic rings. The van der Waals surface area contributed by atoms with E-state index in [2.05, 4.69) is 0 Å². The number of halogens is 26. The molecule has 0 atom stereocenters. The molecule has 0 heterocycles. The number of hydrogen-bond donors (Lipinski definition) is 2. The molecule has 278 valence electrons. The summed E-state index contributed by atoms with van der Waals surface area (Å²) in [5.74, 6) is -80.3. The van der Waals surface area contributed by atoms with Gasteiger partial charge in [-0.05, 0) is 12.8 Å². The molecular weight excluding hydrogens is 742 g/mol. The molecule has 0 fully saturated rings. The van der Waals surface area contributed by atoms with Gasteiger partial charge < -0.3 is 10.2 Å². The van der Waals surface area contributed by atoms with Gasteiger partial charge >= 0.3 is 71.6 Å². The monoisotopic (exact) mass is 754 g/mol. The van der Waals surface area contributed by atoms with Crippen molar-refractivity contribution in [3.63, 3.8) is 0 Å². The first kappa shape index (κ1) is 44.1. The van der Waals surface area contributed by atoms with Crippen molar-refractivity contribution in [2.24, 2.45) is 0 Å². The molecule has 0 radical (unpaired) electrons. The van der Waals surface area contributed by atoms with Crippen molar-refractivity contribution < 1.29 is 124 Å². The van der Waals surface area contributed by atoms with Crippen LogP contribution in [0.1, 0.15) is 25.7 Å². The minimum Gasteiger partial charge on any atom is -0.393 e. The van der Waals surface area contributed by atoms with Gasteiger partial charge in [0.15, 0.2) is 0 Å². The lowest BCUT2D eigenvalue weighted by Crippen LogP contribution is -2.70. The van der Waals surface area contributed by atoms with Gasteiger partial charge in [0.05, 0.1) is 12.2 Å². The predicted molar refractivity (Wildman–Crippen MR) is 92.1 cm³/mol. The standard InChI is InChI=1S/C18H12F26O2/c19-7(20,9(23,24)11(27,28)13(31,32)15(35,36)17(39,40)41)3-1-6(46,5-45)2-4-8(21,22)10(25,26)12(29,30)14(33,34)16(37,38)18(42,43)44/h45-46H,1-5H2. The summed E-state index contributed by atoms with van der Waals surface area (Å²) in [5.41, 5.74) is -4.25. The van der Waals surface area contributed by atoms with Crippen molar-refractivity contribution in [2.75, 3.05) is 6.61 Å². The second-order valence-corrected chi connectivity index (χ2v) is 9.38. The lowest BCUT2D eigenvalue weighted by Gasteiger charge is -2.41. The van der Waals surface area contributed by atoms with Crippen LogP contribution in [0.5, 0.6) is 0 Å². The average Bonchev–Trinajstić information content (AvgIpc) is 2.84. The largest absolute Gasteiger partial charge is 0.460 e. The molecule has 0 amide bonds. The number of rotatable bonds is 15. The molecule has 0 rings (SSSR count). The van der Waals surface area contributed by atoms with Crippen molar-refractivity contribution in [3.8, 4) is 0 Å². The first-order chi connectivity index (χ1) is 19.5. The fraction of sp³-hybridized carbons (Fsp3) is 1.00. The van der Waals surface area contributed by atoms with Gasteiger partial charge in [0.2, 0.25) is 0 Å². The third-order valence-electron chi connectivity index (χ3n) is 6.10. The van der Waals surface area contributed by atoms with Crippen LogP contribution in [0.4, 0.5) is 114 Å². The Hall–Kier alpha value is -1.90. The molecule has 0 saturated heterocycles. The van der Waals surface area contributed by atoms with Crippen molar-refractivity contribution in [3.05, 3.63) is 0 Å². The first-order valence-electron chi connectivity index (χ1n) is 10.7. The summed E-state index contributed by atoms with van der Waals surface area (Å²) in [6.45, 7) is -2.56. The Bertz CT molecular complexity index is 974. The molecule has 0 aliphatic rings. The van der Waals surface area contributed by atoms with Crippen molar-refractivity contribution in [1.82, 2.24) is 0 Å². The van der Waals surface area contributed by atoms with E-state index in [1.807, 2.05) is 0 Å². The number of aliphatic hydroxyl groups is 2. The Kier molecular flexibility index (Phi) is 11.1. The summed E-state index contributed by atoms with van der Waals surface area (Å²) >= 11 is 0. The van der Waals surface area contributed by atoms with Gasteiger partial charge in [-0.3, -0.25) is 0 Å². The minimum atomic E-state index is -8.43. The van der Waals surface area contributed by atoms with Gasteiger partial charge in [-0.1, -0.05) is 0 Å². The maximum atomic E-state index is 13.8. The van der Waals surface area contributed by atoms with Crippen LogP contribution in [0, 0.1) is 0 Å². The van der Waals surface area contributed by atoms with Gasteiger partial charge in [0, 0.05) is 12.8 Å². The van der Waals surface area contributed by atoms with Crippen molar-refractivity contribution >= 4 is 0 Å². The van der Waals surface area contributed by atoms with E-state index in [0.29, 0.717) is 0 Å². The molecule has 2 nitrogen and oxygen atoms in total. The normalized spacial score (nSPS) is 16.7. The maximum absolute atomic E-state index is 13.8. The molecule has 46 heavy (non-hydrogen) atoms. The second-order valence-electron chi connectivity index (χ2n) is 9.38. The average molecular weight is 754 g/mol. The summed E-state index contributed by atoms with van der Waals surface area (Å²) in [7, 11) is 0. The molecule has 0 aliphatic heterocycles. The van der Waals surface area contributed by atoms with Crippen LogP contribution in [0.15, 0.2) is 0 Å². The number of alkyl halides is 26. The van der Waals surface area contributed by atoms with Crippen LogP contribution in [-0.2, 0) is 0 Å². The highest BCUT2D eigenvalue weighted by Crippen LogP contribution is 2.62. The Labute approximate surface area is 235 Å². The zero-order valence-corrected chi connectivity index (χ0v) is 20.8. The van der Waals surface area contributed by atoms with E-state index in [9.17, 15) is 119 Å². The van der Waals surface area contributed by atoms with E-state index < -0.39 is 109 Å². The second kappa shape index (κ2) is 11.6. The number of hydrogen-bond acceptors (Lipinski definition) is 2. The van der Waals surface area contributed by atoms with Gasteiger partial charge in [-0.2, -0.15) is 114 Å². The van der Waals surface area contributed by atoms with Gasteiger partial charge in [0.1, 0.15) is 0 Å². The Morgan fingerprint density at radius 1 is 0.283 bits per heavy atom. The number of aliphatic hydroxyl groups excluding tert-OH is 1. The third kappa shape index (κ3) is 6.44. The summed E-state index contributed by atoms with van der Waals surface area (Å²) < 4.78 is 341. The fourth-order valence-electron chi connectivity index (χ4n) is 2.98. The Morgan fingerprint density at radius 2 is 0.478 bits per heavy atom. The highest BCUT2D eigenvalue weighted by Gasteiger charge is 2.92. The molecule has 28 heteroatoms. The topological polar surface area (TPSA) is 40.5 Å². The Morgan fingerprint density at radius 3 is 0.652 bits per heavy atom. The molecule has 0 aromatic carbocycles. The van der Waals surface area contributed by atoms with Crippen LogP contribution in [0.25, 0.3) is 0 Å². The van der Waals surface area contributed by atoms with Gasteiger partial charge in [-0.15, -0.1) is 0 Å². The fourth-order valence-corrected chi connectivity index (χ4v) is 2.98. The van der Waals surface area contributed by atoms with Crippen LogP contribution in [-0.4, -0.2) is 94.0 Å². The van der Waals surface area contributed by atoms with Gasteiger partial charge in [0.25, 0.3) is 0 Å². The van der Waals surface area contributed by atoms with E-state index in [4.69, 9.17) is 5.11 Å². The smallest absolute Gasteiger partial charge is 0.393 e. The summed E-state index contributed by atoms with van der Waals surface area (Å²) in [6, 6.07) is 0. The van der Waals surface area contributed by atoms with Crippen LogP contribution < -0.4 is 0 Å². The van der Waals surface area contributed by atoms with Gasteiger partial charge in [-0.25, -0.2) is 0 Å². The van der Waals surface area contributed by atoms with Crippen LogP contribution in [0.3, 0.4) is 0 Å². The van der Waals surface area contributed by atoms with E-state index in [-0.39, 0.29) is 0 Å². The zero-order chi connectivity index (χ0) is 38.0. The first-order valence-corrected chi connectivity index (χ1v) is 10.7. The third-order valence-corrected chi connectivity index (χ3v) is 6.10. The molecule has 2 N–H and O–H groups in total. The van der Waals surface area contributed by atoms with Crippen molar-refractivity contribution in [2.45, 2.75) is 103 Å². The van der Waals surface area contributed by atoms with E-state index in [0.717, 1.165) is 0 Å². The Balaban J connectivity index is 6.35. The van der Waals surface area contributed by atoms with E-state index >= 15 is 0 Å². The van der Waals surface area contributed by atoms with E-state index in [1.165, 1.54) is 0 Å². The lowest BCUT2D eigenvalue weighted by atomic mass is 9.84. The summed E-state index contributed by atoms with van der Waals surface area (Å²) in [4.78, 5) is 0. The molecule has 0 spiro atoms. The summed E-state index contributed by atoms with van der Waals surface area (Å²) in [5, 5.41) is 18.5. The quantitative estimate of drug-likeness (QED) is 0.164. The molecular formula is C18H12F26O2. The molecule has 0 bridgehead atoms. The van der Waals surface area contributed by atoms with Crippen LogP contribution >= 0.6 is 0 Å². The molecule has 0 aromatic heterocycles. The minimum absolute atomic E-state index is 2.56. The molecule has 0 saturated carbocycles. The zero-order valence-electron chi connectivity index (χ0n) is 20.8. The maximum Gasteiger partial charge on any atom is 0.460 e. The SMILES string of the molecule is OCC(O)(CCC(F)(F)C(F)(F)C(F)(F)C(F)(F)C(F)(F)C(F)(F)F)CCC(F)(F)C(F)(F)C(F)(F)C(F)(F)C(F)(F)C(F)(F)F. The highest BCUT2D eigenvalue weighted by atomic mass is 19.4. The predicted octanol–water partition coefficient (Wildman–Crippen LogP) is 8.75. The summed E-state index contributed by atoms with van der Waals surface area (Å²) in [6.07, 6.45) is -28.2. The lowest BCUT2D eigenvalue weighted by molar-refractivity contribution is -0.440. The van der Waals surface area contributed by atoms with Crippen LogP contribution in [0.2, 0.25) is 0 Å². The van der Waals surface area contributed by atoms with Crippen molar-refractivity contribution in [1.29, 1.82) is 0 Å². The molecule has 0 aliphatic carbocycles. The molecule has 0 unspecified atom stereocenters.